The lowest BCUT2D eigenvalue weighted by Crippen LogP contribution is -2.56. The smallest absolute Gasteiger partial charge is 0.252 e. The number of anilines is 2. The van der Waals surface area contributed by atoms with E-state index in [0.717, 1.165) is 5.39 Å². The maximum absolute atomic E-state index is 14.7. The quantitative estimate of drug-likeness (QED) is 0.315. The van der Waals surface area contributed by atoms with Gasteiger partial charge in [0.05, 0.1) is 23.3 Å². The number of benzene rings is 2. The maximum atomic E-state index is 14.7. The first kappa shape index (κ1) is 28.2. The van der Waals surface area contributed by atoms with Gasteiger partial charge in [-0.05, 0) is 42.8 Å². The molecule has 3 amide bonds. The van der Waals surface area contributed by atoms with Crippen LogP contribution in [-0.4, -0.2) is 50.9 Å². The van der Waals surface area contributed by atoms with Gasteiger partial charge in [-0.15, -0.1) is 0 Å². The zero-order valence-electron chi connectivity index (χ0n) is 22.5. The molecule has 10 nitrogen and oxygen atoms in total. The first-order valence-corrected chi connectivity index (χ1v) is 13.9. The molecule has 4 aromatic rings. The molecule has 0 spiro atoms. The number of rotatable bonds is 7. The first-order valence-electron chi connectivity index (χ1n) is 13.5. The van der Waals surface area contributed by atoms with Crippen molar-refractivity contribution in [2.45, 2.75) is 49.7 Å². The number of halogens is 3. The van der Waals surface area contributed by atoms with Crippen molar-refractivity contribution >= 4 is 51.7 Å². The first-order chi connectivity index (χ1) is 20.6. The van der Waals surface area contributed by atoms with Crippen molar-refractivity contribution in [2.75, 3.05) is 9.80 Å². The predicted molar refractivity (Wildman–Crippen MR) is 153 cm³/mol. The molecule has 1 aliphatic heterocycles. The van der Waals surface area contributed by atoms with Gasteiger partial charge in [0.25, 0.3) is 11.8 Å². The van der Waals surface area contributed by atoms with E-state index < -0.39 is 48.7 Å². The SMILES string of the molecule is N#Cc1ccnc(N2C(=O)CC[C@H]2C(=O)N(c2ccc3cn[nH]c3c2)[C@H](C(=O)NC2CC(F)(F)C2)c2ccccc2Cl)c1. The Balaban J connectivity index is 1.47. The third-order valence-electron chi connectivity index (χ3n) is 7.70. The molecule has 0 unspecified atom stereocenters. The standard InChI is InChI=1S/C30H24ClF2N7O3/c31-22-4-2-1-3-21(22)27(28(42)37-19-13-30(32,33)14-19)39(20-6-5-18-16-36-38-23(18)12-20)29(43)24-7-8-26(41)40(24)25-11-17(15-34)9-10-35-25/h1-6,9-12,16,19,24,27H,7-8,13-14H2,(H,36,38)(H,37,42)/t24-,27-/m0/s1. The normalized spacial score (nSPS) is 18.6. The van der Waals surface area contributed by atoms with Crippen LogP contribution < -0.4 is 15.1 Å². The van der Waals surface area contributed by atoms with Crippen molar-refractivity contribution in [3.05, 3.63) is 83.1 Å². The number of nitrogens with zero attached hydrogens (tertiary/aromatic N) is 5. The second-order valence-corrected chi connectivity index (χ2v) is 11.0. The number of carbonyl (C=O) groups is 3. The van der Waals surface area contributed by atoms with Gasteiger partial charge >= 0.3 is 0 Å². The molecule has 0 radical (unpaired) electrons. The summed E-state index contributed by atoms with van der Waals surface area (Å²) < 4.78 is 27.4. The zero-order valence-corrected chi connectivity index (χ0v) is 23.3. The van der Waals surface area contributed by atoms with E-state index in [4.69, 9.17) is 11.6 Å². The number of amides is 3. The molecule has 3 heterocycles. The molecule has 13 heteroatoms. The van der Waals surface area contributed by atoms with E-state index in [1.54, 1.807) is 48.7 Å². The summed E-state index contributed by atoms with van der Waals surface area (Å²) in [4.78, 5) is 48.5. The fourth-order valence-electron chi connectivity index (χ4n) is 5.60. The highest BCUT2D eigenvalue weighted by atomic mass is 35.5. The highest BCUT2D eigenvalue weighted by Crippen LogP contribution is 2.40. The van der Waals surface area contributed by atoms with Crippen LogP contribution in [0.15, 0.2) is 67.0 Å². The molecule has 2 aromatic carbocycles. The summed E-state index contributed by atoms with van der Waals surface area (Å²) in [5.74, 6) is -4.45. The molecule has 0 bridgehead atoms. The molecule has 2 atom stereocenters. The van der Waals surface area contributed by atoms with E-state index in [1.165, 1.54) is 28.1 Å². The van der Waals surface area contributed by atoms with Gasteiger partial charge in [0.2, 0.25) is 11.8 Å². The summed E-state index contributed by atoms with van der Waals surface area (Å²) in [5, 5.41) is 19.9. The molecular weight excluding hydrogens is 580 g/mol. The van der Waals surface area contributed by atoms with Crippen molar-refractivity contribution < 1.29 is 23.2 Å². The monoisotopic (exact) mass is 603 g/mol. The Labute approximate surface area is 249 Å². The number of hydrogen-bond acceptors (Lipinski definition) is 6. The van der Waals surface area contributed by atoms with Gasteiger partial charge in [-0.25, -0.2) is 13.8 Å². The van der Waals surface area contributed by atoms with Crippen LogP contribution >= 0.6 is 11.6 Å². The van der Waals surface area contributed by atoms with E-state index in [1.807, 2.05) is 6.07 Å². The summed E-state index contributed by atoms with van der Waals surface area (Å²) in [5.41, 5.74) is 1.39. The zero-order chi connectivity index (χ0) is 30.3. The third-order valence-corrected chi connectivity index (χ3v) is 8.05. The summed E-state index contributed by atoms with van der Waals surface area (Å²) in [6.07, 6.45) is 2.08. The molecule has 1 aliphatic carbocycles. The lowest BCUT2D eigenvalue weighted by atomic mass is 9.87. The van der Waals surface area contributed by atoms with E-state index in [9.17, 15) is 28.4 Å². The Bertz CT molecular complexity index is 1780. The molecule has 43 heavy (non-hydrogen) atoms. The average molecular weight is 604 g/mol. The van der Waals surface area contributed by atoms with Crippen LogP contribution in [0.5, 0.6) is 0 Å². The van der Waals surface area contributed by atoms with Crippen LogP contribution in [0.4, 0.5) is 20.3 Å². The van der Waals surface area contributed by atoms with Gasteiger partial charge in [0.15, 0.2) is 0 Å². The molecular formula is C30H24ClF2N7O3. The Morgan fingerprint density at radius 1 is 1.19 bits per heavy atom. The van der Waals surface area contributed by atoms with E-state index >= 15 is 0 Å². The number of nitrogens with one attached hydrogen (secondary N) is 2. The van der Waals surface area contributed by atoms with Crippen LogP contribution in [0, 0.1) is 11.3 Å². The van der Waals surface area contributed by atoms with E-state index in [2.05, 4.69) is 20.5 Å². The lowest BCUT2D eigenvalue weighted by molar-refractivity contribution is -0.133. The summed E-state index contributed by atoms with van der Waals surface area (Å²) in [6.45, 7) is 0. The van der Waals surface area contributed by atoms with Gasteiger partial charge in [-0.2, -0.15) is 10.4 Å². The van der Waals surface area contributed by atoms with Gasteiger partial charge in [-0.3, -0.25) is 29.3 Å². The maximum Gasteiger partial charge on any atom is 0.252 e. The van der Waals surface area contributed by atoms with Gasteiger partial charge in [-0.1, -0.05) is 29.8 Å². The van der Waals surface area contributed by atoms with E-state index in [-0.39, 0.29) is 40.7 Å². The minimum atomic E-state index is -2.88. The van der Waals surface area contributed by atoms with Crippen molar-refractivity contribution in [3.63, 3.8) is 0 Å². The highest BCUT2D eigenvalue weighted by molar-refractivity contribution is 6.31. The number of aromatic nitrogens is 3. The molecule has 2 aromatic heterocycles. The molecule has 2 fully saturated rings. The van der Waals surface area contributed by atoms with Crippen molar-refractivity contribution in [1.29, 1.82) is 5.26 Å². The topological polar surface area (TPSA) is 135 Å². The van der Waals surface area contributed by atoms with Crippen LogP contribution in [0.2, 0.25) is 5.02 Å². The minimum absolute atomic E-state index is 0.0302. The number of nitriles is 1. The molecule has 6 rings (SSSR count). The Kier molecular flexibility index (Phi) is 7.27. The molecule has 2 aliphatic rings. The largest absolute Gasteiger partial charge is 0.351 e. The second kappa shape index (κ2) is 11.1. The van der Waals surface area contributed by atoms with Crippen LogP contribution in [0.1, 0.15) is 42.9 Å². The van der Waals surface area contributed by atoms with Crippen LogP contribution in [-0.2, 0) is 14.4 Å². The predicted octanol–water partition coefficient (Wildman–Crippen LogP) is 4.67. The molecule has 1 saturated heterocycles. The highest BCUT2D eigenvalue weighted by Gasteiger charge is 2.48. The fourth-order valence-corrected chi connectivity index (χ4v) is 5.84. The number of fused-ring (bicyclic) bond motifs is 1. The second-order valence-electron chi connectivity index (χ2n) is 10.6. The van der Waals surface area contributed by atoms with Crippen molar-refractivity contribution in [2.24, 2.45) is 0 Å². The summed E-state index contributed by atoms with van der Waals surface area (Å²) in [6, 6.07) is 13.1. The van der Waals surface area contributed by atoms with Crippen molar-refractivity contribution in [3.8, 4) is 6.07 Å². The Morgan fingerprint density at radius 2 is 1.98 bits per heavy atom. The van der Waals surface area contributed by atoms with E-state index in [0.29, 0.717) is 11.2 Å². The summed E-state index contributed by atoms with van der Waals surface area (Å²) in [7, 11) is 0. The Hall–Kier alpha value is -4.89. The van der Waals surface area contributed by atoms with Crippen molar-refractivity contribution in [1.82, 2.24) is 20.5 Å². The number of pyridine rings is 1. The number of carbonyl (C=O) groups excluding carboxylic acids is 3. The van der Waals surface area contributed by atoms with Gasteiger partial charge in [0.1, 0.15) is 17.9 Å². The number of aromatic amines is 1. The van der Waals surface area contributed by atoms with Crippen LogP contribution in [0.25, 0.3) is 10.9 Å². The minimum Gasteiger partial charge on any atom is -0.351 e. The molecule has 2 N–H and O–H groups in total. The van der Waals surface area contributed by atoms with Crippen LogP contribution in [0.3, 0.4) is 0 Å². The number of H-pyrrole nitrogens is 1. The lowest BCUT2D eigenvalue weighted by Gasteiger charge is -2.39. The third kappa shape index (κ3) is 5.39. The Morgan fingerprint density at radius 3 is 2.72 bits per heavy atom. The summed E-state index contributed by atoms with van der Waals surface area (Å²) >= 11 is 6.59. The molecule has 218 valence electrons. The number of hydrogen-bond donors (Lipinski definition) is 2. The fraction of sp³-hybridized carbons (Fsp3) is 0.267. The number of alkyl halides is 2. The molecule has 1 saturated carbocycles. The average Bonchev–Trinajstić information content (AvgIpc) is 3.61. The van der Waals surface area contributed by atoms with Gasteiger partial charge in [0, 0.05) is 53.2 Å². The van der Waals surface area contributed by atoms with Gasteiger partial charge < -0.3 is 5.32 Å².